The summed E-state index contributed by atoms with van der Waals surface area (Å²) in [5.74, 6) is 0. The van der Waals surface area contributed by atoms with E-state index in [1.54, 1.807) is 10.9 Å². The predicted octanol–water partition coefficient (Wildman–Crippen LogP) is 2.44. The fourth-order valence-electron chi connectivity index (χ4n) is 1.73. The summed E-state index contributed by atoms with van der Waals surface area (Å²) in [6, 6.07) is 11.8. The lowest BCUT2D eigenvalue weighted by Crippen LogP contribution is -2.20. The summed E-state index contributed by atoms with van der Waals surface area (Å²) < 4.78 is 1.79. The third-order valence-corrected chi connectivity index (χ3v) is 2.68. The van der Waals surface area contributed by atoms with Crippen molar-refractivity contribution < 1.29 is 0 Å². The molecule has 2 aromatic rings. The van der Waals surface area contributed by atoms with E-state index in [9.17, 15) is 0 Å². The van der Waals surface area contributed by atoms with Crippen LogP contribution in [0.5, 0.6) is 0 Å². The Morgan fingerprint density at radius 1 is 1.39 bits per heavy atom. The van der Waals surface area contributed by atoms with E-state index in [1.807, 2.05) is 36.5 Å². The highest BCUT2D eigenvalue weighted by molar-refractivity contribution is 5.32. The minimum Gasteiger partial charge on any atom is -0.298 e. The van der Waals surface area contributed by atoms with E-state index in [1.165, 1.54) is 0 Å². The van der Waals surface area contributed by atoms with Crippen molar-refractivity contribution in [3.05, 3.63) is 48.3 Å². The molecule has 0 fully saturated rings. The van der Waals surface area contributed by atoms with Crippen LogP contribution in [0.4, 0.5) is 0 Å². The molecule has 4 nitrogen and oxygen atoms in total. The molecular weight excluding hydrogens is 224 g/mol. The molecule has 0 aliphatic rings. The SMILES string of the molecule is CCCNC(C#N)c1cnn(-c2ccccc2)c1. The number of nitriles is 1. The van der Waals surface area contributed by atoms with Gasteiger partial charge in [-0.1, -0.05) is 25.1 Å². The number of benzene rings is 1. The molecule has 1 aromatic heterocycles. The van der Waals surface area contributed by atoms with Crippen molar-refractivity contribution in [3.8, 4) is 11.8 Å². The van der Waals surface area contributed by atoms with Gasteiger partial charge in [-0.15, -0.1) is 0 Å². The standard InChI is InChI=1S/C14H16N4/c1-2-8-16-14(9-15)12-10-17-18(11-12)13-6-4-3-5-7-13/h3-7,10-11,14,16H,2,8H2,1H3. The summed E-state index contributed by atoms with van der Waals surface area (Å²) in [5.41, 5.74) is 1.89. The van der Waals surface area contributed by atoms with Crippen molar-refractivity contribution in [1.29, 1.82) is 5.26 Å². The van der Waals surface area contributed by atoms with Gasteiger partial charge in [-0.05, 0) is 25.1 Å². The summed E-state index contributed by atoms with van der Waals surface area (Å²) in [4.78, 5) is 0. The highest BCUT2D eigenvalue weighted by Gasteiger charge is 2.11. The first-order chi connectivity index (χ1) is 8.85. The van der Waals surface area contributed by atoms with Gasteiger partial charge in [0.1, 0.15) is 6.04 Å². The molecule has 1 atom stereocenters. The van der Waals surface area contributed by atoms with E-state index in [0.29, 0.717) is 0 Å². The summed E-state index contributed by atoms with van der Waals surface area (Å²) >= 11 is 0. The number of hydrogen-bond acceptors (Lipinski definition) is 3. The molecule has 92 valence electrons. The lowest BCUT2D eigenvalue weighted by molar-refractivity contribution is 0.621. The third-order valence-electron chi connectivity index (χ3n) is 2.68. The molecule has 2 rings (SSSR count). The number of rotatable bonds is 5. The number of hydrogen-bond donors (Lipinski definition) is 1. The van der Waals surface area contributed by atoms with Crippen molar-refractivity contribution in [2.75, 3.05) is 6.54 Å². The van der Waals surface area contributed by atoms with E-state index in [-0.39, 0.29) is 6.04 Å². The Morgan fingerprint density at radius 3 is 2.83 bits per heavy atom. The molecule has 1 aromatic carbocycles. The van der Waals surface area contributed by atoms with Crippen LogP contribution in [0.2, 0.25) is 0 Å². The summed E-state index contributed by atoms with van der Waals surface area (Å²) in [6.07, 6.45) is 4.64. The first-order valence-electron chi connectivity index (χ1n) is 6.08. The minimum absolute atomic E-state index is 0.289. The molecule has 1 heterocycles. The number of nitrogens with one attached hydrogen (secondary N) is 1. The Morgan fingerprint density at radius 2 is 2.17 bits per heavy atom. The second kappa shape index (κ2) is 5.99. The lowest BCUT2D eigenvalue weighted by Gasteiger charge is -2.07. The van der Waals surface area contributed by atoms with Gasteiger partial charge in [0.25, 0.3) is 0 Å². The fraction of sp³-hybridized carbons (Fsp3) is 0.286. The van der Waals surface area contributed by atoms with E-state index < -0.39 is 0 Å². The number of para-hydroxylation sites is 1. The first kappa shape index (κ1) is 12.3. The van der Waals surface area contributed by atoms with Crippen LogP contribution in [-0.4, -0.2) is 16.3 Å². The average molecular weight is 240 g/mol. The maximum Gasteiger partial charge on any atom is 0.124 e. The molecule has 0 saturated carbocycles. The third kappa shape index (κ3) is 2.76. The molecule has 1 N–H and O–H groups in total. The molecule has 0 bridgehead atoms. The number of aromatic nitrogens is 2. The van der Waals surface area contributed by atoms with Gasteiger partial charge in [0.15, 0.2) is 0 Å². The summed E-state index contributed by atoms with van der Waals surface area (Å²) in [6.45, 7) is 2.91. The zero-order valence-electron chi connectivity index (χ0n) is 10.4. The van der Waals surface area contributed by atoms with Gasteiger partial charge in [0, 0.05) is 11.8 Å². The van der Waals surface area contributed by atoms with Crippen molar-refractivity contribution in [2.45, 2.75) is 19.4 Å². The van der Waals surface area contributed by atoms with Crippen LogP contribution < -0.4 is 5.32 Å². The van der Waals surface area contributed by atoms with E-state index in [0.717, 1.165) is 24.2 Å². The predicted molar refractivity (Wildman–Crippen MR) is 70.2 cm³/mol. The van der Waals surface area contributed by atoms with E-state index in [4.69, 9.17) is 5.26 Å². The topological polar surface area (TPSA) is 53.6 Å². The largest absolute Gasteiger partial charge is 0.298 e. The fourth-order valence-corrected chi connectivity index (χ4v) is 1.73. The molecule has 0 amide bonds. The van der Waals surface area contributed by atoms with Crippen molar-refractivity contribution in [1.82, 2.24) is 15.1 Å². The van der Waals surface area contributed by atoms with Gasteiger partial charge >= 0.3 is 0 Å². The first-order valence-corrected chi connectivity index (χ1v) is 6.08. The van der Waals surface area contributed by atoms with Crippen LogP contribution in [0, 0.1) is 11.3 Å². The van der Waals surface area contributed by atoms with Crippen LogP contribution in [-0.2, 0) is 0 Å². The van der Waals surface area contributed by atoms with Crippen LogP contribution >= 0.6 is 0 Å². The van der Waals surface area contributed by atoms with Crippen LogP contribution in [0.3, 0.4) is 0 Å². The maximum absolute atomic E-state index is 9.14. The van der Waals surface area contributed by atoms with Gasteiger partial charge < -0.3 is 0 Å². The molecule has 0 saturated heterocycles. The van der Waals surface area contributed by atoms with Crippen molar-refractivity contribution in [2.24, 2.45) is 0 Å². The second-order valence-electron chi connectivity index (χ2n) is 4.07. The van der Waals surface area contributed by atoms with Gasteiger partial charge in [-0.25, -0.2) is 4.68 Å². The van der Waals surface area contributed by atoms with Crippen molar-refractivity contribution in [3.63, 3.8) is 0 Å². The highest BCUT2D eigenvalue weighted by atomic mass is 15.3. The second-order valence-corrected chi connectivity index (χ2v) is 4.07. The number of nitrogens with zero attached hydrogens (tertiary/aromatic N) is 3. The molecule has 4 heteroatoms. The molecule has 0 aliphatic heterocycles. The Labute approximate surface area is 107 Å². The molecule has 0 spiro atoms. The quantitative estimate of drug-likeness (QED) is 0.873. The maximum atomic E-state index is 9.14. The zero-order valence-corrected chi connectivity index (χ0v) is 10.4. The van der Waals surface area contributed by atoms with Gasteiger partial charge in [-0.3, -0.25) is 5.32 Å². The zero-order chi connectivity index (χ0) is 12.8. The van der Waals surface area contributed by atoms with Gasteiger partial charge in [0.2, 0.25) is 0 Å². The normalized spacial score (nSPS) is 12.0. The Hall–Kier alpha value is -2.12. The highest BCUT2D eigenvalue weighted by Crippen LogP contribution is 2.14. The molecular formula is C14H16N4. The smallest absolute Gasteiger partial charge is 0.124 e. The van der Waals surface area contributed by atoms with Gasteiger partial charge in [0.05, 0.1) is 18.0 Å². The Balaban J connectivity index is 2.17. The lowest BCUT2D eigenvalue weighted by atomic mass is 10.2. The Bertz CT molecular complexity index is 524. The Kier molecular flexibility index (Phi) is 4.11. The van der Waals surface area contributed by atoms with E-state index >= 15 is 0 Å². The molecule has 0 aliphatic carbocycles. The van der Waals surface area contributed by atoms with Crippen molar-refractivity contribution >= 4 is 0 Å². The van der Waals surface area contributed by atoms with Crippen LogP contribution in [0.25, 0.3) is 5.69 Å². The van der Waals surface area contributed by atoms with Crippen LogP contribution in [0.1, 0.15) is 24.9 Å². The summed E-state index contributed by atoms with van der Waals surface area (Å²) in [5, 5.41) is 16.6. The summed E-state index contributed by atoms with van der Waals surface area (Å²) in [7, 11) is 0. The van der Waals surface area contributed by atoms with Gasteiger partial charge in [-0.2, -0.15) is 10.4 Å². The molecule has 1 unspecified atom stereocenters. The van der Waals surface area contributed by atoms with Crippen LogP contribution in [0.15, 0.2) is 42.7 Å². The average Bonchev–Trinajstić information content (AvgIpc) is 2.90. The molecule has 0 radical (unpaired) electrons. The minimum atomic E-state index is -0.289. The monoisotopic (exact) mass is 240 g/mol. The van der Waals surface area contributed by atoms with E-state index in [2.05, 4.69) is 23.4 Å². The molecule has 18 heavy (non-hydrogen) atoms.